The van der Waals surface area contributed by atoms with Gasteiger partial charge >= 0.3 is 6.03 Å². The van der Waals surface area contributed by atoms with Crippen molar-refractivity contribution in [3.05, 3.63) is 24.3 Å². The number of nitrogens with two attached hydrogens (primary N) is 1. The quantitative estimate of drug-likeness (QED) is 0.706. The molecular formula is C11H17N3O2S. The van der Waals surface area contributed by atoms with Crippen LogP contribution in [0.15, 0.2) is 24.3 Å². The molecule has 1 aromatic rings. The molecule has 0 radical (unpaired) electrons. The Morgan fingerprint density at radius 2 is 2.24 bits per heavy atom. The van der Waals surface area contributed by atoms with Crippen molar-refractivity contribution in [2.45, 2.75) is 12.2 Å². The van der Waals surface area contributed by atoms with Gasteiger partial charge in [-0.3, -0.25) is 4.21 Å². The van der Waals surface area contributed by atoms with Crippen LogP contribution in [0.5, 0.6) is 0 Å². The summed E-state index contributed by atoms with van der Waals surface area (Å²) in [5, 5.41) is 5.23. The van der Waals surface area contributed by atoms with E-state index >= 15 is 0 Å². The first-order valence-corrected chi connectivity index (χ1v) is 6.84. The lowest BCUT2D eigenvalue weighted by Crippen LogP contribution is -2.35. The Kier molecular flexibility index (Phi) is 4.96. The third-order valence-corrected chi connectivity index (χ3v) is 3.56. The van der Waals surface area contributed by atoms with Gasteiger partial charge in [-0.05, 0) is 25.1 Å². The maximum absolute atomic E-state index is 11.5. The molecule has 4 N–H and O–H groups in total. The molecule has 94 valence electrons. The first-order chi connectivity index (χ1) is 7.99. The fourth-order valence-corrected chi connectivity index (χ4v) is 1.46. The van der Waals surface area contributed by atoms with E-state index in [2.05, 4.69) is 10.6 Å². The summed E-state index contributed by atoms with van der Waals surface area (Å²) in [5.74, 6) is 0. The van der Waals surface area contributed by atoms with Crippen LogP contribution in [0.1, 0.15) is 6.92 Å². The normalized spacial score (nSPS) is 13.8. The monoisotopic (exact) mass is 255 g/mol. The Morgan fingerprint density at radius 3 is 2.82 bits per heavy atom. The fourth-order valence-electron chi connectivity index (χ4n) is 1.15. The summed E-state index contributed by atoms with van der Waals surface area (Å²) >= 11 is 0. The molecule has 2 amide bonds. The first kappa shape index (κ1) is 13.5. The third-order valence-electron chi connectivity index (χ3n) is 2.26. The zero-order valence-corrected chi connectivity index (χ0v) is 10.7. The molecule has 1 rings (SSSR count). The number of carbonyl (C=O) groups excluding carboxylic acids is 1. The second-order valence-electron chi connectivity index (χ2n) is 3.77. The van der Waals surface area contributed by atoms with E-state index in [9.17, 15) is 9.00 Å². The molecule has 0 bridgehead atoms. The van der Waals surface area contributed by atoms with Crippen LogP contribution in [0.4, 0.5) is 16.2 Å². The molecule has 0 saturated carbocycles. The van der Waals surface area contributed by atoms with Crippen LogP contribution in [0.25, 0.3) is 0 Å². The number of urea groups is 1. The van der Waals surface area contributed by atoms with Gasteiger partial charge in [0.15, 0.2) is 0 Å². The summed E-state index contributed by atoms with van der Waals surface area (Å²) in [4.78, 5) is 11.5. The average Bonchev–Trinajstić information content (AvgIpc) is 2.25. The van der Waals surface area contributed by atoms with Crippen LogP contribution in [0, 0.1) is 0 Å². The van der Waals surface area contributed by atoms with Crippen LogP contribution >= 0.6 is 0 Å². The average molecular weight is 255 g/mol. The van der Waals surface area contributed by atoms with Crippen LogP contribution in [0.2, 0.25) is 0 Å². The van der Waals surface area contributed by atoms with E-state index in [4.69, 9.17) is 5.73 Å². The van der Waals surface area contributed by atoms with Gasteiger partial charge in [0.2, 0.25) is 0 Å². The smallest absolute Gasteiger partial charge is 0.319 e. The number of hydrogen-bond acceptors (Lipinski definition) is 3. The summed E-state index contributed by atoms with van der Waals surface area (Å²) in [6.45, 7) is 2.19. The number of amides is 2. The fraction of sp³-hybridized carbons (Fsp3) is 0.364. The van der Waals surface area contributed by atoms with Crippen molar-refractivity contribution in [3.63, 3.8) is 0 Å². The zero-order chi connectivity index (χ0) is 12.8. The number of anilines is 2. The van der Waals surface area contributed by atoms with E-state index in [0.29, 0.717) is 17.9 Å². The van der Waals surface area contributed by atoms with Gasteiger partial charge in [0.05, 0.1) is 0 Å². The van der Waals surface area contributed by atoms with E-state index in [-0.39, 0.29) is 11.3 Å². The predicted octanol–water partition coefficient (Wildman–Crippen LogP) is 1.16. The van der Waals surface area contributed by atoms with Crippen molar-refractivity contribution in [1.82, 2.24) is 5.32 Å². The van der Waals surface area contributed by atoms with Gasteiger partial charge < -0.3 is 16.4 Å². The molecule has 0 saturated heterocycles. The Balaban J connectivity index is 2.42. The van der Waals surface area contributed by atoms with Crippen LogP contribution in [-0.4, -0.2) is 28.3 Å². The second kappa shape index (κ2) is 6.24. The van der Waals surface area contributed by atoms with E-state index in [1.54, 1.807) is 30.5 Å². The van der Waals surface area contributed by atoms with E-state index in [1.165, 1.54) is 0 Å². The molecule has 0 aliphatic heterocycles. The van der Waals surface area contributed by atoms with Crippen LogP contribution in [-0.2, 0) is 10.8 Å². The standard InChI is InChI=1S/C11H17N3O2S/c1-8(17(2)16)7-13-11(15)14-10-5-3-4-9(12)6-10/h3-6,8H,7,12H2,1-2H3,(H2,13,14,15). The molecule has 2 atom stereocenters. The third kappa shape index (κ3) is 4.86. The molecular weight excluding hydrogens is 238 g/mol. The van der Waals surface area contributed by atoms with Gasteiger partial charge in [-0.1, -0.05) is 6.07 Å². The molecule has 0 heterocycles. The lowest BCUT2D eigenvalue weighted by atomic mass is 10.3. The molecule has 5 nitrogen and oxygen atoms in total. The lowest BCUT2D eigenvalue weighted by Gasteiger charge is -2.11. The summed E-state index contributed by atoms with van der Waals surface area (Å²) in [5.41, 5.74) is 6.81. The Hall–Kier alpha value is -1.56. The molecule has 6 heteroatoms. The van der Waals surface area contributed by atoms with Gasteiger partial charge in [0.1, 0.15) is 0 Å². The molecule has 0 aliphatic carbocycles. The molecule has 17 heavy (non-hydrogen) atoms. The van der Waals surface area contributed by atoms with E-state index < -0.39 is 10.8 Å². The maximum atomic E-state index is 11.5. The number of nitrogen functional groups attached to an aromatic ring is 1. The van der Waals surface area contributed by atoms with Crippen molar-refractivity contribution >= 4 is 28.2 Å². The highest BCUT2D eigenvalue weighted by Gasteiger charge is 2.08. The Bertz CT molecular complexity index is 423. The Morgan fingerprint density at radius 1 is 1.53 bits per heavy atom. The van der Waals surface area contributed by atoms with Gasteiger partial charge in [-0.15, -0.1) is 0 Å². The summed E-state index contributed by atoms with van der Waals surface area (Å²) in [7, 11) is -0.939. The predicted molar refractivity (Wildman–Crippen MR) is 71.4 cm³/mol. The second-order valence-corrected chi connectivity index (χ2v) is 5.57. The van der Waals surface area contributed by atoms with Gasteiger partial charge in [-0.2, -0.15) is 0 Å². The molecule has 0 aromatic heterocycles. The highest BCUT2D eigenvalue weighted by atomic mass is 32.2. The lowest BCUT2D eigenvalue weighted by molar-refractivity contribution is 0.252. The van der Waals surface area contributed by atoms with Crippen LogP contribution in [0.3, 0.4) is 0 Å². The van der Waals surface area contributed by atoms with Gasteiger partial charge in [0.25, 0.3) is 0 Å². The topological polar surface area (TPSA) is 84.2 Å². The van der Waals surface area contributed by atoms with Crippen molar-refractivity contribution < 1.29 is 9.00 Å². The number of nitrogens with one attached hydrogen (secondary N) is 2. The number of rotatable bonds is 4. The van der Waals surface area contributed by atoms with Crippen molar-refractivity contribution in [3.8, 4) is 0 Å². The minimum Gasteiger partial charge on any atom is -0.399 e. The zero-order valence-electron chi connectivity index (χ0n) is 9.90. The number of hydrogen-bond donors (Lipinski definition) is 3. The van der Waals surface area contributed by atoms with Crippen molar-refractivity contribution in [2.75, 3.05) is 23.9 Å². The van der Waals surface area contributed by atoms with E-state index in [1.807, 2.05) is 6.92 Å². The van der Waals surface area contributed by atoms with Crippen molar-refractivity contribution in [1.29, 1.82) is 0 Å². The number of benzene rings is 1. The van der Waals surface area contributed by atoms with Crippen LogP contribution < -0.4 is 16.4 Å². The molecule has 0 spiro atoms. The molecule has 2 unspecified atom stereocenters. The summed E-state index contributed by atoms with van der Waals surface area (Å²) in [6.07, 6.45) is 1.61. The minimum atomic E-state index is -0.939. The minimum absolute atomic E-state index is 0.0680. The van der Waals surface area contributed by atoms with Gasteiger partial charge in [-0.25, -0.2) is 4.79 Å². The molecule has 0 fully saturated rings. The SMILES string of the molecule is CC(CNC(=O)Nc1cccc(N)c1)S(C)=O. The summed E-state index contributed by atoms with van der Waals surface area (Å²) < 4.78 is 11.1. The maximum Gasteiger partial charge on any atom is 0.319 e. The first-order valence-electron chi connectivity index (χ1n) is 5.21. The van der Waals surface area contributed by atoms with Gasteiger partial charge in [0, 0.05) is 40.2 Å². The highest BCUT2D eigenvalue weighted by molar-refractivity contribution is 7.84. The highest BCUT2D eigenvalue weighted by Crippen LogP contribution is 2.11. The summed E-state index contributed by atoms with van der Waals surface area (Å²) in [6, 6.07) is 6.59. The Labute approximate surface area is 103 Å². The molecule has 1 aromatic carbocycles. The van der Waals surface area contributed by atoms with E-state index in [0.717, 1.165) is 0 Å². The largest absolute Gasteiger partial charge is 0.399 e. The molecule has 0 aliphatic rings. The van der Waals surface area contributed by atoms with Crippen molar-refractivity contribution in [2.24, 2.45) is 0 Å². The number of carbonyl (C=O) groups is 1.